The molecule has 98 valence electrons. The van der Waals surface area contributed by atoms with Gasteiger partial charge in [-0.2, -0.15) is 5.10 Å². The third kappa shape index (κ3) is 2.54. The summed E-state index contributed by atoms with van der Waals surface area (Å²) in [5, 5.41) is 16.9. The maximum Gasteiger partial charge on any atom is 0.261 e. The van der Waals surface area contributed by atoms with Crippen molar-refractivity contribution in [1.29, 1.82) is 0 Å². The molecule has 1 amide bonds. The number of unbranched alkanes of at least 4 members (excludes halogenated alkanes) is 1. The topological polar surface area (TPSA) is 67.2 Å². The summed E-state index contributed by atoms with van der Waals surface area (Å²) in [4.78, 5) is 13.6. The van der Waals surface area contributed by atoms with Crippen LogP contribution in [0.5, 0.6) is 0 Å². The number of amides is 1. The molecule has 0 aromatic carbocycles. The lowest BCUT2D eigenvalue weighted by atomic mass is 10.3. The zero-order valence-corrected chi connectivity index (χ0v) is 11.4. The number of nitrogens with one attached hydrogen (secondary N) is 1. The van der Waals surface area contributed by atoms with Gasteiger partial charge >= 0.3 is 0 Å². The van der Waals surface area contributed by atoms with Crippen molar-refractivity contribution in [2.45, 2.75) is 19.8 Å². The lowest BCUT2D eigenvalue weighted by Crippen LogP contribution is -2.23. The number of nitrogens with zero attached hydrogens (tertiary/aromatic N) is 2. The van der Waals surface area contributed by atoms with Gasteiger partial charge in [0, 0.05) is 25.6 Å². The molecule has 0 unspecified atom stereocenters. The minimum atomic E-state index is -0.0476. The predicted molar refractivity (Wildman–Crippen MR) is 72.0 cm³/mol. The molecule has 0 saturated heterocycles. The van der Waals surface area contributed by atoms with Crippen molar-refractivity contribution in [3.05, 3.63) is 16.6 Å². The highest BCUT2D eigenvalue weighted by Crippen LogP contribution is 2.27. The van der Waals surface area contributed by atoms with Gasteiger partial charge in [0.25, 0.3) is 5.91 Å². The van der Waals surface area contributed by atoms with Gasteiger partial charge in [-0.1, -0.05) is 0 Å². The predicted octanol–water partition coefficient (Wildman–Crippen LogP) is 1.45. The molecule has 2 heterocycles. The van der Waals surface area contributed by atoms with Crippen molar-refractivity contribution in [3.8, 4) is 0 Å². The van der Waals surface area contributed by atoms with E-state index in [1.54, 1.807) is 4.68 Å². The summed E-state index contributed by atoms with van der Waals surface area (Å²) in [5.74, 6) is -0.0476. The van der Waals surface area contributed by atoms with Gasteiger partial charge < -0.3 is 10.4 Å². The molecule has 0 radical (unpaired) electrons. The van der Waals surface area contributed by atoms with E-state index in [4.69, 9.17) is 5.11 Å². The van der Waals surface area contributed by atoms with Crippen molar-refractivity contribution in [3.63, 3.8) is 0 Å². The van der Waals surface area contributed by atoms with E-state index in [1.165, 1.54) is 11.3 Å². The number of carbonyl (C=O) groups is 1. The summed E-state index contributed by atoms with van der Waals surface area (Å²) in [7, 11) is 1.88. The molecule has 2 aromatic rings. The number of rotatable bonds is 5. The SMILES string of the molecule is Cc1nn(C)c2sc(C(=O)NCCCCO)cc12. The Bertz CT molecular complexity index is 524. The fourth-order valence-corrected chi connectivity index (χ4v) is 2.88. The third-order valence-electron chi connectivity index (χ3n) is 2.79. The number of carbonyl (C=O) groups excluding carboxylic acids is 1. The Balaban J connectivity index is 2.06. The van der Waals surface area contributed by atoms with E-state index in [9.17, 15) is 4.79 Å². The van der Waals surface area contributed by atoms with Gasteiger partial charge in [0.15, 0.2) is 0 Å². The lowest BCUT2D eigenvalue weighted by molar-refractivity contribution is 0.0956. The average molecular weight is 267 g/mol. The van der Waals surface area contributed by atoms with Crippen LogP contribution in [0.25, 0.3) is 10.2 Å². The third-order valence-corrected chi connectivity index (χ3v) is 3.99. The molecular formula is C12H17N3O2S. The van der Waals surface area contributed by atoms with Crippen LogP contribution < -0.4 is 5.32 Å². The number of aliphatic hydroxyl groups is 1. The number of aliphatic hydroxyl groups excluding tert-OH is 1. The van der Waals surface area contributed by atoms with Crippen molar-refractivity contribution < 1.29 is 9.90 Å². The molecule has 0 saturated carbocycles. The second kappa shape index (κ2) is 5.49. The van der Waals surface area contributed by atoms with Crippen molar-refractivity contribution in [2.24, 2.45) is 7.05 Å². The van der Waals surface area contributed by atoms with E-state index >= 15 is 0 Å². The standard InChI is InChI=1S/C12H17N3O2S/c1-8-9-7-10(18-12(9)15(2)14-8)11(17)13-5-3-4-6-16/h7,16H,3-6H2,1-2H3,(H,13,17). The van der Waals surface area contributed by atoms with E-state index in [1.807, 2.05) is 20.0 Å². The first kappa shape index (κ1) is 13.0. The number of hydrogen-bond donors (Lipinski definition) is 2. The summed E-state index contributed by atoms with van der Waals surface area (Å²) in [6.45, 7) is 2.71. The van der Waals surface area contributed by atoms with E-state index in [0.717, 1.165) is 28.8 Å². The van der Waals surface area contributed by atoms with Crippen LogP contribution in [-0.2, 0) is 7.05 Å². The maximum absolute atomic E-state index is 11.9. The first-order valence-corrected chi connectivity index (χ1v) is 6.77. The molecule has 5 nitrogen and oxygen atoms in total. The maximum atomic E-state index is 11.9. The number of fused-ring (bicyclic) bond motifs is 1. The number of aryl methyl sites for hydroxylation is 2. The van der Waals surface area contributed by atoms with Gasteiger partial charge in [-0.15, -0.1) is 11.3 Å². The molecule has 0 aliphatic rings. The zero-order valence-electron chi connectivity index (χ0n) is 10.6. The Morgan fingerprint density at radius 3 is 3.00 bits per heavy atom. The second-order valence-corrected chi connectivity index (χ2v) is 5.26. The Hall–Kier alpha value is -1.40. The Kier molecular flexibility index (Phi) is 3.98. The summed E-state index contributed by atoms with van der Waals surface area (Å²) in [6, 6.07) is 1.89. The van der Waals surface area contributed by atoms with E-state index in [-0.39, 0.29) is 12.5 Å². The molecule has 0 bridgehead atoms. The first-order valence-electron chi connectivity index (χ1n) is 5.95. The summed E-state index contributed by atoms with van der Waals surface area (Å²) in [6.07, 6.45) is 1.52. The van der Waals surface area contributed by atoms with Gasteiger partial charge in [-0.05, 0) is 25.8 Å². The molecule has 0 atom stereocenters. The molecule has 0 fully saturated rings. The van der Waals surface area contributed by atoms with Crippen LogP contribution in [0.2, 0.25) is 0 Å². The molecular weight excluding hydrogens is 250 g/mol. The average Bonchev–Trinajstić information content (AvgIpc) is 2.88. The molecule has 2 N–H and O–H groups in total. The first-order chi connectivity index (χ1) is 8.63. The zero-order chi connectivity index (χ0) is 13.1. The van der Waals surface area contributed by atoms with Crippen molar-refractivity contribution >= 4 is 27.5 Å². The highest BCUT2D eigenvalue weighted by atomic mass is 32.1. The fraction of sp³-hybridized carbons (Fsp3) is 0.500. The lowest BCUT2D eigenvalue weighted by Gasteiger charge is -2.01. The van der Waals surface area contributed by atoms with E-state index < -0.39 is 0 Å². The van der Waals surface area contributed by atoms with Crippen LogP contribution in [0, 0.1) is 6.92 Å². The number of hydrogen-bond acceptors (Lipinski definition) is 4. The fourth-order valence-electron chi connectivity index (χ4n) is 1.84. The Morgan fingerprint density at radius 1 is 1.56 bits per heavy atom. The largest absolute Gasteiger partial charge is 0.396 e. The van der Waals surface area contributed by atoms with Crippen LogP contribution in [0.3, 0.4) is 0 Å². The highest BCUT2D eigenvalue weighted by Gasteiger charge is 2.14. The summed E-state index contributed by atoms with van der Waals surface area (Å²) in [5.41, 5.74) is 0.947. The molecule has 0 aliphatic carbocycles. The smallest absolute Gasteiger partial charge is 0.261 e. The van der Waals surface area contributed by atoms with Gasteiger partial charge in [0.1, 0.15) is 4.83 Å². The Labute approximate surface area is 109 Å². The molecule has 0 aliphatic heterocycles. The van der Waals surface area contributed by atoms with Gasteiger partial charge in [-0.25, -0.2) is 0 Å². The highest BCUT2D eigenvalue weighted by molar-refractivity contribution is 7.20. The molecule has 2 rings (SSSR count). The Morgan fingerprint density at radius 2 is 2.33 bits per heavy atom. The van der Waals surface area contributed by atoms with Crippen LogP contribution in [-0.4, -0.2) is 33.9 Å². The van der Waals surface area contributed by atoms with Crippen LogP contribution in [0.15, 0.2) is 6.07 Å². The van der Waals surface area contributed by atoms with Gasteiger partial charge in [0.2, 0.25) is 0 Å². The molecule has 6 heteroatoms. The minimum absolute atomic E-state index is 0.0476. The van der Waals surface area contributed by atoms with Crippen LogP contribution in [0.1, 0.15) is 28.2 Å². The quantitative estimate of drug-likeness (QED) is 0.806. The normalized spacial score (nSPS) is 11.1. The summed E-state index contributed by atoms with van der Waals surface area (Å²) < 4.78 is 1.80. The van der Waals surface area contributed by atoms with E-state index in [0.29, 0.717) is 11.4 Å². The number of aromatic nitrogens is 2. The molecule has 0 spiro atoms. The van der Waals surface area contributed by atoms with Crippen LogP contribution in [0.4, 0.5) is 0 Å². The van der Waals surface area contributed by atoms with Crippen molar-refractivity contribution in [2.75, 3.05) is 13.2 Å². The van der Waals surface area contributed by atoms with Gasteiger partial charge in [0.05, 0.1) is 10.6 Å². The van der Waals surface area contributed by atoms with E-state index in [2.05, 4.69) is 10.4 Å². The monoisotopic (exact) mass is 267 g/mol. The van der Waals surface area contributed by atoms with Gasteiger partial charge in [-0.3, -0.25) is 9.48 Å². The number of thiophene rings is 1. The molecule has 18 heavy (non-hydrogen) atoms. The van der Waals surface area contributed by atoms with Crippen LogP contribution >= 0.6 is 11.3 Å². The van der Waals surface area contributed by atoms with Crippen molar-refractivity contribution in [1.82, 2.24) is 15.1 Å². The summed E-state index contributed by atoms with van der Waals surface area (Å²) >= 11 is 1.46. The second-order valence-electron chi connectivity index (χ2n) is 4.23. The minimum Gasteiger partial charge on any atom is -0.396 e. The molecule has 2 aromatic heterocycles.